The van der Waals surface area contributed by atoms with E-state index in [9.17, 15) is 10.1 Å². The van der Waals surface area contributed by atoms with Gasteiger partial charge in [-0.1, -0.05) is 0 Å². The summed E-state index contributed by atoms with van der Waals surface area (Å²) >= 11 is 0. The second-order valence-electron chi connectivity index (χ2n) is 4.65. The Morgan fingerprint density at radius 1 is 1.33 bits per heavy atom. The standard InChI is InChI=1S/C13H17N5O3/c1-7-5-6-10(21-7)8(2)15-12-11(18(19)20)9(3)16-13(14-4)17-12/h5-6,8H,1-4H3,(H2,14,15,16,17). The van der Waals surface area contributed by atoms with Crippen molar-refractivity contribution in [2.45, 2.75) is 26.8 Å². The lowest BCUT2D eigenvalue weighted by Crippen LogP contribution is -2.12. The van der Waals surface area contributed by atoms with Gasteiger partial charge in [-0.3, -0.25) is 10.1 Å². The number of nitrogens with zero attached hydrogens (tertiary/aromatic N) is 3. The van der Waals surface area contributed by atoms with E-state index < -0.39 is 4.92 Å². The van der Waals surface area contributed by atoms with Crippen molar-refractivity contribution in [1.82, 2.24) is 9.97 Å². The molecule has 2 aromatic rings. The molecule has 8 nitrogen and oxygen atoms in total. The molecule has 0 saturated carbocycles. The van der Waals surface area contributed by atoms with Gasteiger partial charge in [-0.05, 0) is 32.9 Å². The second kappa shape index (κ2) is 5.78. The van der Waals surface area contributed by atoms with E-state index in [2.05, 4.69) is 20.6 Å². The second-order valence-corrected chi connectivity index (χ2v) is 4.65. The van der Waals surface area contributed by atoms with E-state index >= 15 is 0 Å². The Morgan fingerprint density at radius 2 is 2.05 bits per heavy atom. The summed E-state index contributed by atoms with van der Waals surface area (Å²) in [6.45, 7) is 5.26. The normalized spacial score (nSPS) is 12.0. The van der Waals surface area contributed by atoms with Crippen LogP contribution in [0.5, 0.6) is 0 Å². The average Bonchev–Trinajstić information content (AvgIpc) is 2.84. The number of furan rings is 1. The molecule has 0 radical (unpaired) electrons. The maximum Gasteiger partial charge on any atom is 0.332 e. The van der Waals surface area contributed by atoms with Crippen LogP contribution < -0.4 is 10.6 Å². The van der Waals surface area contributed by atoms with Gasteiger partial charge in [0.2, 0.25) is 11.8 Å². The van der Waals surface area contributed by atoms with Crippen molar-refractivity contribution in [3.05, 3.63) is 39.5 Å². The van der Waals surface area contributed by atoms with Gasteiger partial charge < -0.3 is 15.1 Å². The summed E-state index contributed by atoms with van der Waals surface area (Å²) in [4.78, 5) is 18.9. The highest BCUT2D eigenvalue weighted by Gasteiger charge is 2.24. The van der Waals surface area contributed by atoms with Crippen LogP contribution in [0.1, 0.15) is 30.2 Å². The summed E-state index contributed by atoms with van der Waals surface area (Å²) < 4.78 is 5.51. The highest BCUT2D eigenvalue weighted by Crippen LogP contribution is 2.30. The third-order valence-corrected chi connectivity index (χ3v) is 3.01. The Morgan fingerprint density at radius 3 is 2.57 bits per heavy atom. The molecule has 0 fully saturated rings. The maximum absolute atomic E-state index is 11.2. The fourth-order valence-electron chi connectivity index (χ4n) is 1.96. The van der Waals surface area contributed by atoms with Crippen molar-refractivity contribution >= 4 is 17.5 Å². The third kappa shape index (κ3) is 3.10. The summed E-state index contributed by atoms with van der Waals surface area (Å²) in [7, 11) is 1.66. The molecule has 0 aromatic carbocycles. The molecule has 2 heterocycles. The number of nitrogens with one attached hydrogen (secondary N) is 2. The van der Waals surface area contributed by atoms with Gasteiger partial charge in [0.05, 0.1) is 11.0 Å². The molecule has 0 aliphatic rings. The lowest BCUT2D eigenvalue weighted by molar-refractivity contribution is -0.385. The molecule has 2 N–H and O–H groups in total. The van der Waals surface area contributed by atoms with E-state index in [1.165, 1.54) is 0 Å². The van der Waals surface area contributed by atoms with Gasteiger partial charge in [-0.2, -0.15) is 4.98 Å². The number of aromatic nitrogens is 2. The zero-order valence-electron chi connectivity index (χ0n) is 12.3. The van der Waals surface area contributed by atoms with Crippen LogP contribution in [0.15, 0.2) is 16.5 Å². The average molecular weight is 291 g/mol. The van der Waals surface area contributed by atoms with E-state index in [1.807, 2.05) is 26.0 Å². The highest BCUT2D eigenvalue weighted by molar-refractivity contribution is 5.61. The number of anilines is 2. The Bertz CT molecular complexity index is 668. The van der Waals surface area contributed by atoms with Crippen molar-refractivity contribution in [3.63, 3.8) is 0 Å². The van der Waals surface area contributed by atoms with Crippen molar-refractivity contribution in [2.75, 3.05) is 17.7 Å². The molecule has 21 heavy (non-hydrogen) atoms. The van der Waals surface area contributed by atoms with Gasteiger partial charge in [0.1, 0.15) is 17.2 Å². The Hall–Kier alpha value is -2.64. The Kier molecular flexibility index (Phi) is 4.06. The van der Waals surface area contributed by atoms with Crippen LogP contribution in [0.2, 0.25) is 0 Å². The van der Waals surface area contributed by atoms with Gasteiger partial charge in [-0.15, -0.1) is 0 Å². The van der Waals surface area contributed by atoms with Gasteiger partial charge >= 0.3 is 5.69 Å². The summed E-state index contributed by atoms with van der Waals surface area (Å²) in [5.74, 6) is 1.95. The molecule has 1 unspecified atom stereocenters. The minimum atomic E-state index is -0.489. The predicted molar refractivity (Wildman–Crippen MR) is 78.5 cm³/mol. The first-order chi connectivity index (χ1) is 9.92. The molecule has 112 valence electrons. The van der Waals surface area contributed by atoms with Crippen LogP contribution in [0.4, 0.5) is 17.5 Å². The molecular weight excluding hydrogens is 274 g/mol. The monoisotopic (exact) mass is 291 g/mol. The van der Waals surface area contributed by atoms with E-state index in [1.54, 1.807) is 14.0 Å². The minimum Gasteiger partial charge on any atom is -0.464 e. The summed E-state index contributed by atoms with van der Waals surface area (Å²) in [5, 5.41) is 17.0. The van der Waals surface area contributed by atoms with Crippen molar-refractivity contribution in [2.24, 2.45) is 0 Å². The molecule has 0 saturated heterocycles. The van der Waals surface area contributed by atoms with E-state index in [0.29, 0.717) is 17.4 Å². The number of aryl methyl sites for hydroxylation is 2. The van der Waals surface area contributed by atoms with Crippen LogP contribution in [-0.4, -0.2) is 21.9 Å². The van der Waals surface area contributed by atoms with Crippen molar-refractivity contribution in [1.29, 1.82) is 0 Å². The van der Waals surface area contributed by atoms with E-state index in [4.69, 9.17) is 4.42 Å². The first kappa shape index (κ1) is 14.8. The van der Waals surface area contributed by atoms with Gasteiger partial charge in [0, 0.05) is 7.05 Å². The molecule has 0 spiro atoms. The molecular formula is C13H17N5O3. The summed E-state index contributed by atoms with van der Waals surface area (Å²) in [6, 6.07) is 3.41. The SMILES string of the molecule is CNc1nc(C)c([N+](=O)[O-])c(NC(C)c2ccc(C)o2)n1. The molecule has 8 heteroatoms. The van der Waals surface area contributed by atoms with Crippen molar-refractivity contribution in [3.8, 4) is 0 Å². The highest BCUT2D eigenvalue weighted by atomic mass is 16.6. The number of hydrogen-bond donors (Lipinski definition) is 2. The predicted octanol–water partition coefficient (Wildman–Crippen LogP) is 2.81. The fourth-order valence-corrected chi connectivity index (χ4v) is 1.96. The topological polar surface area (TPSA) is 106 Å². The largest absolute Gasteiger partial charge is 0.464 e. The lowest BCUT2D eigenvalue weighted by atomic mass is 10.2. The minimum absolute atomic E-state index is 0.135. The molecule has 0 bridgehead atoms. The van der Waals surface area contributed by atoms with Crippen LogP contribution in [0, 0.1) is 24.0 Å². The third-order valence-electron chi connectivity index (χ3n) is 3.01. The van der Waals surface area contributed by atoms with Crippen LogP contribution in [-0.2, 0) is 0 Å². The molecule has 0 aliphatic heterocycles. The first-order valence-electron chi connectivity index (χ1n) is 6.46. The van der Waals surface area contributed by atoms with Gasteiger partial charge in [0.15, 0.2) is 0 Å². The summed E-state index contributed by atoms with van der Waals surface area (Å²) in [6.07, 6.45) is 0. The number of nitro groups is 1. The number of rotatable bonds is 5. The Balaban J connectivity index is 2.37. The fraction of sp³-hybridized carbons (Fsp3) is 0.385. The number of hydrogen-bond acceptors (Lipinski definition) is 7. The van der Waals surface area contributed by atoms with Crippen LogP contribution in [0.3, 0.4) is 0 Å². The quantitative estimate of drug-likeness (QED) is 0.644. The molecule has 2 rings (SSSR count). The molecule has 2 aromatic heterocycles. The lowest BCUT2D eigenvalue weighted by Gasteiger charge is -2.13. The van der Waals surface area contributed by atoms with Crippen molar-refractivity contribution < 1.29 is 9.34 Å². The van der Waals surface area contributed by atoms with Crippen LogP contribution in [0.25, 0.3) is 0 Å². The van der Waals surface area contributed by atoms with Crippen LogP contribution >= 0.6 is 0 Å². The van der Waals surface area contributed by atoms with E-state index in [0.717, 1.165) is 5.76 Å². The zero-order valence-corrected chi connectivity index (χ0v) is 12.3. The Labute approximate surface area is 121 Å². The van der Waals surface area contributed by atoms with Gasteiger partial charge in [0.25, 0.3) is 0 Å². The zero-order chi connectivity index (χ0) is 15.6. The van der Waals surface area contributed by atoms with Gasteiger partial charge in [-0.25, -0.2) is 4.98 Å². The summed E-state index contributed by atoms with van der Waals surface area (Å²) in [5.41, 5.74) is 0.161. The smallest absolute Gasteiger partial charge is 0.332 e. The molecule has 1 atom stereocenters. The molecule has 0 aliphatic carbocycles. The maximum atomic E-state index is 11.2. The molecule has 0 amide bonds. The van der Waals surface area contributed by atoms with E-state index in [-0.39, 0.29) is 17.5 Å². The first-order valence-corrected chi connectivity index (χ1v) is 6.46.